The molecule has 33 heavy (non-hydrogen) atoms. The largest absolute Gasteiger partial charge is 0.345 e. The fourth-order valence-electron chi connectivity index (χ4n) is 3.29. The van der Waals surface area contributed by atoms with Crippen LogP contribution in [-0.2, 0) is 10.0 Å². The van der Waals surface area contributed by atoms with Crippen LogP contribution in [0.25, 0.3) is 11.0 Å². The fourth-order valence-corrected chi connectivity index (χ4v) is 4.70. The molecule has 0 spiro atoms. The summed E-state index contributed by atoms with van der Waals surface area (Å²) in [5.74, 6) is -0.913. The molecule has 0 saturated carbocycles. The van der Waals surface area contributed by atoms with E-state index in [1.54, 1.807) is 31.2 Å². The highest BCUT2D eigenvalue weighted by Gasteiger charge is 2.23. The Morgan fingerprint density at radius 3 is 2.52 bits per heavy atom. The van der Waals surface area contributed by atoms with Gasteiger partial charge in [-0.25, -0.2) is 12.8 Å². The number of aromatic nitrogens is 2. The topological polar surface area (TPSA) is 101 Å². The molecule has 4 aromatic rings. The predicted molar refractivity (Wildman–Crippen MR) is 124 cm³/mol. The van der Waals surface area contributed by atoms with Crippen molar-refractivity contribution in [1.82, 2.24) is 15.3 Å². The molecule has 0 radical (unpaired) electrons. The van der Waals surface area contributed by atoms with Gasteiger partial charge in [0.25, 0.3) is 15.9 Å². The van der Waals surface area contributed by atoms with Crippen LogP contribution in [0.1, 0.15) is 28.9 Å². The molecule has 1 amide bonds. The lowest BCUT2D eigenvalue weighted by Crippen LogP contribution is -2.28. The number of hydrogen-bond donors (Lipinski definition) is 2. The molecule has 2 N–H and O–H groups in total. The molecule has 4 rings (SSSR count). The molecule has 1 atom stereocenters. The summed E-state index contributed by atoms with van der Waals surface area (Å²) < 4.78 is 42.0. The number of nitrogens with one attached hydrogen (secondary N) is 2. The highest BCUT2D eigenvalue weighted by molar-refractivity contribution is 7.93. The standard InChI is InChI=1S/C23H18ClFN4O3S/c1-14(15-5-8-17(25)9-6-15)28-23(30)18-10-7-16(24)13-20(18)29-33(31,32)21-4-2-3-19-22(21)27-12-11-26-19/h2-14,29H,1H3,(H,28,30)/t14-/m1/s1. The van der Waals surface area contributed by atoms with Gasteiger partial charge in [0.05, 0.1) is 22.8 Å². The van der Waals surface area contributed by atoms with Crippen molar-refractivity contribution in [2.45, 2.75) is 17.9 Å². The van der Waals surface area contributed by atoms with Crippen LogP contribution >= 0.6 is 11.6 Å². The quantitative estimate of drug-likeness (QED) is 0.412. The minimum Gasteiger partial charge on any atom is -0.345 e. The van der Waals surface area contributed by atoms with Gasteiger partial charge >= 0.3 is 0 Å². The molecular weight excluding hydrogens is 467 g/mol. The highest BCUT2D eigenvalue weighted by atomic mass is 35.5. The molecule has 3 aromatic carbocycles. The predicted octanol–water partition coefficient (Wildman–Crippen LogP) is 4.71. The average Bonchev–Trinajstić information content (AvgIpc) is 2.78. The van der Waals surface area contributed by atoms with Crippen LogP contribution in [0.3, 0.4) is 0 Å². The Morgan fingerprint density at radius 1 is 1.03 bits per heavy atom. The van der Waals surface area contributed by atoms with Gasteiger partial charge in [-0.3, -0.25) is 19.5 Å². The molecule has 0 aliphatic carbocycles. The van der Waals surface area contributed by atoms with Crippen LogP contribution in [0.15, 0.2) is 78.0 Å². The van der Waals surface area contributed by atoms with Crippen LogP contribution < -0.4 is 10.0 Å². The van der Waals surface area contributed by atoms with Crippen LogP contribution in [0.5, 0.6) is 0 Å². The van der Waals surface area contributed by atoms with E-state index in [9.17, 15) is 17.6 Å². The molecule has 0 aliphatic heterocycles. The number of anilines is 1. The maximum atomic E-state index is 13.2. The first-order valence-corrected chi connectivity index (χ1v) is 11.7. The zero-order chi connectivity index (χ0) is 23.6. The third-order valence-corrected chi connectivity index (χ3v) is 6.57. The minimum atomic E-state index is -4.13. The number of benzene rings is 3. The van der Waals surface area contributed by atoms with Crippen molar-refractivity contribution in [3.63, 3.8) is 0 Å². The Bertz CT molecular complexity index is 1440. The summed E-state index contributed by atoms with van der Waals surface area (Å²) in [6, 6.07) is 14.1. The summed E-state index contributed by atoms with van der Waals surface area (Å²) in [4.78, 5) is 21.1. The first kappa shape index (κ1) is 22.6. The Labute approximate surface area is 194 Å². The number of carbonyl (C=O) groups is 1. The second-order valence-electron chi connectivity index (χ2n) is 7.22. The van der Waals surface area contributed by atoms with E-state index >= 15 is 0 Å². The molecule has 10 heteroatoms. The van der Waals surface area contributed by atoms with E-state index in [0.29, 0.717) is 11.1 Å². The summed E-state index contributed by atoms with van der Waals surface area (Å²) in [6.07, 6.45) is 2.87. The molecule has 0 saturated heterocycles. The second kappa shape index (κ2) is 9.13. The number of halogens is 2. The fraction of sp³-hybridized carbons (Fsp3) is 0.0870. The summed E-state index contributed by atoms with van der Waals surface area (Å²) in [5.41, 5.74) is 1.38. The van der Waals surface area contributed by atoms with Crippen molar-refractivity contribution in [2.24, 2.45) is 0 Å². The number of rotatable bonds is 6. The number of para-hydroxylation sites is 1. The number of hydrogen-bond acceptors (Lipinski definition) is 5. The smallest absolute Gasteiger partial charge is 0.264 e. The third-order valence-electron chi connectivity index (χ3n) is 4.94. The molecule has 0 aliphatic rings. The molecular formula is C23H18ClFN4O3S. The van der Waals surface area contributed by atoms with Crippen molar-refractivity contribution in [3.8, 4) is 0 Å². The first-order chi connectivity index (χ1) is 15.7. The Kier molecular flexibility index (Phi) is 6.26. The van der Waals surface area contributed by atoms with Crippen LogP contribution in [0, 0.1) is 5.82 Å². The SMILES string of the molecule is C[C@@H](NC(=O)c1ccc(Cl)cc1NS(=O)(=O)c1cccc2nccnc12)c1ccc(F)cc1. The summed E-state index contributed by atoms with van der Waals surface area (Å²) >= 11 is 6.08. The van der Waals surface area contributed by atoms with Gasteiger partial charge in [0.2, 0.25) is 0 Å². The van der Waals surface area contributed by atoms with E-state index in [2.05, 4.69) is 20.0 Å². The molecule has 0 bridgehead atoms. The summed E-state index contributed by atoms with van der Waals surface area (Å²) in [7, 11) is -4.13. The van der Waals surface area contributed by atoms with Gasteiger partial charge in [-0.05, 0) is 55.0 Å². The number of sulfonamides is 1. The second-order valence-corrected chi connectivity index (χ2v) is 9.31. The van der Waals surface area contributed by atoms with Gasteiger partial charge in [0, 0.05) is 17.4 Å². The lowest BCUT2D eigenvalue weighted by Gasteiger charge is -2.17. The molecule has 1 heterocycles. The Hall–Kier alpha value is -3.56. The van der Waals surface area contributed by atoms with Crippen LogP contribution in [0.2, 0.25) is 5.02 Å². The van der Waals surface area contributed by atoms with E-state index in [1.165, 1.54) is 48.8 Å². The highest BCUT2D eigenvalue weighted by Crippen LogP contribution is 2.27. The zero-order valence-corrected chi connectivity index (χ0v) is 18.9. The van der Waals surface area contributed by atoms with Gasteiger partial charge in [-0.1, -0.05) is 29.8 Å². The van der Waals surface area contributed by atoms with Crippen molar-refractivity contribution in [3.05, 3.63) is 95.0 Å². The van der Waals surface area contributed by atoms with Gasteiger partial charge in [-0.2, -0.15) is 0 Å². The minimum absolute atomic E-state index is 0.00667. The summed E-state index contributed by atoms with van der Waals surface area (Å²) in [6.45, 7) is 1.74. The molecule has 0 fully saturated rings. The number of nitrogens with zero attached hydrogens (tertiary/aromatic N) is 2. The number of amides is 1. The normalized spacial score (nSPS) is 12.3. The van der Waals surface area contributed by atoms with Gasteiger partial charge in [0.15, 0.2) is 0 Å². The van der Waals surface area contributed by atoms with E-state index in [1.807, 2.05) is 0 Å². The van der Waals surface area contributed by atoms with Crippen molar-refractivity contribution in [1.29, 1.82) is 0 Å². The van der Waals surface area contributed by atoms with Gasteiger partial charge < -0.3 is 5.32 Å². The Morgan fingerprint density at radius 2 is 1.76 bits per heavy atom. The first-order valence-electron chi connectivity index (χ1n) is 9.83. The van der Waals surface area contributed by atoms with Gasteiger partial charge in [0.1, 0.15) is 16.2 Å². The number of carbonyl (C=O) groups excluding carboxylic acids is 1. The molecule has 7 nitrogen and oxygen atoms in total. The average molecular weight is 485 g/mol. The van der Waals surface area contributed by atoms with E-state index in [-0.39, 0.29) is 32.5 Å². The van der Waals surface area contributed by atoms with E-state index in [4.69, 9.17) is 11.6 Å². The van der Waals surface area contributed by atoms with Crippen molar-refractivity contribution >= 4 is 44.3 Å². The Balaban J connectivity index is 1.65. The van der Waals surface area contributed by atoms with Crippen LogP contribution in [-0.4, -0.2) is 24.3 Å². The van der Waals surface area contributed by atoms with Crippen molar-refractivity contribution in [2.75, 3.05) is 4.72 Å². The summed E-state index contributed by atoms with van der Waals surface area (Å²) in [5, 5.41) is 3.03. The maximum absolute atomic E-state index is 13.2. The molecule has 1 aromatic heterocycles. The lowest BCUT2D eigenvalue weighted by molar-refractivity contribution is 0.0941. The van der Waals surface area contributed by atoms with Crippen molar-refractivity contribution < 1.29 is 17.6 Å². The number of fused-ring (bicyclic) bond motifs is 1. The lowest BCUT2D eigenvalue weighted by atomic mass is 10.1. The monoisotopic (exact) mass is 484 g/mol. The maximum Gasteiger partial charge on any atom is 0.264 e. The zero-order valence-electron chi connectivity index (χ0n) is 17.3. The molecule has 0 unspecified atom stereocenters. The third kappa shape index (κ3) is 4.94. The van der Waals surface area contributed by atoms with E-state index < -0.39 is 22.0 Å². The van der Waals surface area contributed by atoms with Crippen LogP contribution in [0.4, 0.5) is 10.1 Å². The van der Waals surface area contributed by atoms with Gasteiger partial charge in [-0.15, -0.1) is 0 Å². The molecule has 168 valence electrons. The van der Waals surface area contributed by atoms with E-state index in [0.717, 1.165) is 0 Å².